The Balaban J connectivity index is 2.23. The van der Waals surface area contributed by atoms with Crippen LogP contribution >= 0.6 is 0 Å². The molecule has 0 unspecified atom stereocenters. The Morgan fingerprint density at radius 1 is 1.29 bits per heavy atom. The smallest absolute Gasteiger partial charge is 0.332 e. The number of carbonyl (C=O) groups excluding carboxylic acids is 1. The van der Waals surface area contributed by atoms with Crippen molar-refractivity contribution in [2.45, 2.75) is 19.8 Å². The average Bonchev–Trinajstić information content (AvgIpc) is 2.28. The Hall–Kier alpha value is -1.88. The van der Waals surface area contributed by atoms with E-state index in [-0.39, 0.29) is 12.3 Å². The fourth-order valence-electron chi connectivity index (χ4n) is 1.24. The number of rotatable bonds is 6. The van der Waals surface area contributed by atoms with E-state index in [9.17, 15) is 9.59 Å². The van der Waals surface area contributed by atoms with Gasteiger partial charge in [0.25, 0.3) is 0 Å². The van der Waals surface area contributed by atoms with E-state index in [0.717, 1.165) is 5.56 Å². The van der Waals surface area contributed by atoms with E-state index in [2.05, 4.69) is 10.3 Å². The number of carboxylic acid groups (broad SMARTS) is 1. The Labute approximate surface area is 99.4 Å². The second-order valence-corrected chi connectivity index (χ2v) is 3.69. The Morgan fingerprint density at radius 2 is 1.94 bits per heavy atom. The molecule has 0 fully saturated rings. The van der Waals surface area contributed by atoms with Crippen molar-refractivity contribution in [3.63, 3.8) is 0 Å². The van der Waals surface area contributed by atoms with Crippen LogP contribution in [0.15, 0.2) is 24.3 Å². The number of aliphatic carboxylic acids is 1. The first-order valence-corrected chi connectivity index (χ1v) is 5.26. The van der Waals surface area contributed by atoms with Gasteiger partial charge in [0.05, 0.1) is 0 Å². The van der Waals surface area contributed by atoms with Crippen molar-refractivity contribution in [1.82, 2.24) is 5.48 Å². The van der Waals surface area contributed by atoms with Crippen LogP contribution in [-0.4, -0.2) is 23.6 Å². The molecule has 0 saturated heterocycles. The molecule has 0 bridgehead atoms. The minimum atomic E-state index is -1.12. The van der Waals surface area contributed by atoms with Crippen LogP contribution in [-0.2, 0) is 20.8 Å². The van der Waals surface area contributed by atoms with Crippen LogP contribution in [0.5, 0.6) is 0 Å². The highest BCUT2D eigenvalue weighted by atomic mass is 16.7. The molecule has 0 aliphatic carbocycles. The van der Waals surface area contributed by atoms with Crippen molar-refractivity contribution in [1.29, 1.82) is 0 Å². The molecule has 1 amide bonds. The number of aryl methyl sites for hydroxylation is 2. The van der Waals surface area contributed by atoms with Crippen molar-refractivity contribution in [3.05, 3.63) is 35.4 Å². The highest BCUT2D eigenvalue weighted by Crippen LogP contribution is 2.05. The summed E-state index contributed by atoms with van der Waals surface area (Å²) in [5.74, 6) is -1.45. The summed E-state index contributed by atoms with van der Waals surface area (Å²) in [5, 5.41) is 8.28. The van der Waals surface area contributed by atoms with Gasteiger partial charge in [0.15, 0.2) is 6.61 Å². The predicted molar refractivity (Wildman–Crippen MR) is 61.2 cm³/mol. The SMILES string of the molecule is Cc1ccc(CCC(=O)NOCC(=O)O)cc1. The molecule has 2 N–H and O–H groups in total. The topological polar surface area (TPSA) is 75.6 Å². The summed E-state index contributed by atoms with van der Waals surface area (Å²) >= 11 is 0. The van der Waals surface area contributed by atoms with Gasteiger partial charge in [-0.05, 0) is 18.9 Å². The summed E-state index contributed by atoms with van der Waals surface area (Å²) in [4.78, 5) is 25.8. The number of carboxylic acids is 1. The lowest BCUT2D eigenvalue weighted by atomic mass is 10.1. The van der Waals surface area contributed by atoms with Gasteiger partial charge in [-0.1, -0.05) is 29.8 Å². The largest absolute Gasteiger partial charge is 0.479 e. The molecule has 17 heavy (non-hydrogen) atoms. The number of nitrogens with one attached hydrogen (secondary N) is 1. The fraction of sp³-hybridized carbons (Fsp3) is 0.333. The lowest BCUT2D eigenvalue weighted by Gasteiger charge is -2.04. The van der Waals surface area contributed by atoms with Crippen molar-refractivity contribution >= 4 is 11.9 Å². The molecule has 0 atom stereocenters. The van der Waals surface area contributed by atoms with E-state index in [1.54, 1.807) is 0 Å². The number of hydrogen-bond acceptors (Lipinski definition) is 3. The van der Waals surface area contributed by atoms with Crippen molar-refractivity contribution in [2.75, 3.05) is 6.61 Å². The molecule has 0 spiro atoms. The van der Waals surface area contributed by atoms with Crippen molar-refractivity contribution in [3.8, 4) is 0 Å². The lowest BCUT2D eigenvalue weighted by molar-refractivity contribution is -0.149. The maximum Gasteiger partial charge on any atom is 0.332 e. The number of benzene rings is 1. The zero-order valence-electron chi connectivity index (χ0n) is 9.60. The third kappa shape index (κ3) is 5.67. The minimum Gasteiger partial charge on any atom is -0.479 e. The van der Waals surface area contributed by atoms with E-state index >= 15 is 0 Å². The minimum absolute atomic E-state index is 0.267. The Kier molecular flexibility index (Phi) is 5.16. The first-order chi connectivity index (χ1) is 8.08. The van der Waals surface area contributed by atoms with Gasteiger partial charge in [-0.2, -0.15) is 0 Å². The molecule has 0 heterocycles. The molecule has 5 nitrogen and oxygen atoms in total. The summed E-state index contributed by atoms with van der Waals surface area (Å²) in [5.41, 5.74) is 4.30. The van der Waals surface area contributed by atoms with Crippen LogP contribution in [0, 0.1) is 6.92 Å². The normalized spacial score (nSPS) is 9.94. The van der Waals surface area contributed by atoms with Crippen LogP contribution in [0.4, 0.5) is 0 Å². The van der Waals surface area contributed by atoms with Crippen molar-refractivity contribution < 1.29 is 19.5 Å². The summed E-state index contributed by atoms with van der Waals surface area (Å²) in [6, 6.07) is 7.88. The molecule has 0 aliphatic rings. The second kappa shape index (κ2) is 6.65. The highest BCUT2D eigenvalue weighted by molar-refractivity contribution is 5.75. The van der Waals surface area contributed by atoms with E-state index in [1.165, 1.54) is 5.56 Å². The molecule has 0 radical (unpaired) electrons. The third-order valence-electron chi connectivity index (χ3n) is 2.14. The van der Waals surface area contributed by atoms with Crippen LogP contribution in [0.3, 0.4) is 0 Å². The summed E-state index contributed by atoms with van der Waals surface area (Å²) < 4.78 is 0. The Morgan fingerprint density at radius 3 is 2.53 bits per heavy atom. The zero-order chi connectivity index (χ0) is 12.7. The summed E-state index contributed by atoms with van der Waals surface area (Å²) in [7, 11) is 0. The summed E-state index contributed by atoms with van der Waals surface area (Å²) in [6.07, 6.45) is 0.866. The van der Waals surface area contributed by atoms with Crippen LogP contribution in [0.2, 0.25) is 0 Å². The number of carbonyl (C=O) groups is 2. The third-order valence-corrected chi connectivity index (χ3v) is 2.14. The first kappa shape index (κ1) is 13.2. The average molecular weight is 237 g/mol. The van der Waals surface area contributed by atoms with Crippen LogP contribution in [0.1, 0.15) is 17.5 Å². The van der Waals surface area contributed by atoms with E-state index in [4.69, 9.17) is 5.11 Å². The Bertz CT molecular complexity index is 386. The molecule has 1 aromatic rings. The number of hydrogen-bond donors (Lipinski definition) is 2. The van der Waals surface area contributed by atoms with Gasteiger partial charge in [-0.15, -0.1) is 0 Å². The van der Waals surface area contributed by atoms with Gasteiger partial charge in [0.2, 0.25) is 5.91 Å². The van der Waals surface area contributed by atoms with Crippen LogP contribution in [0.25, 0.3) is 0 Å². The molecule has 1 aromatic carbocycles. The molecular weight excluding hydrogens is 222 g/mol. The number of hydroxylamine groups is 1. The van der Waals surface area contributed by atoms with Gasteiger partial charge >= 0.3 is 5.97 Å². The molecular formula is C12H15NO4. The molecule has 0 aromatic heterocycles. The van der Waals surface area contributed by atoms with E-state index < -0.39 is 12.6 Å². The van der Waals surface area contributed by atoms with Crippen LogP contribution < -0.4 is 5.48 Å². The van der Waals surface area contributed by atoms with Gasteiger partial charge in [-0.3, -0.25) is 9.63 Å². The number of amides is 1. The lowest BCUT2D eigenvalue weighted by Crippen LogP contribution is -2.26. The summed E-state index contributed by atoms with van der Waals surface area (Å²) in [6.45, 7) is 1.46. The highest BCUT2D eigenvalue weighted by Gasteiger charge is 2.03. The predicted octanol–water partition coefficient (Wildman–Crippen LogP) is 1.06. The maximum absolute atomic E-state index is 11.2. The van der Waals surface area contributed by atoms with Gasteiger partial charge in [-0.25, -0.2) is 10.3 Å². The second-order valence-electron chi connectivity index (χ2n) is 3.69. The zero-order valence-corrected chi connectivity index (χ0v) is 9.60. The standard InChI is InChI=1S/C12H15NO4/c1-9-2-4-10(5-3-9)6-7-11(14)13-17-8-12(15)16/h2-5H,6-8H2,1H3,(H,13,14)(H,15,16). The molecule has 92 valence electrons. The molecule has 1 rings (SSSR count). The van der Waals surface area contributed by atoms with Gasteiger partial charge < -0.3 is 5.11 Å². The van der Waals surface area contributed by atoms with Gasteiger partial charge in [0, 0.05) is 6.42 Å². The molecule has 0 saturated carbocycles. The van der Waals surface area contributed by atoms with E-state index in [0.29, 0.717) is 6.42 Å². The maximum atomic E-state index is 11.2. The quantitative estimate of drug-likeness (QED) is 0.725. The fourth-order valence-corrected chi connectivity index (χ4v) is 1.24. The van der Waals surface area contributed by atoms with Gasteiger partial charge in [0.1, 0.15) is 0 Å². The van der Waals surface area contributed by atoms with E-state index in [1.807, 2.05) is 31.2 Å². The monoisotopic (exact) mass is 237 g/mol. The molecule has 0 aliphatic heterocycles. The molecule has 5 heteroatoms. The van der Waals surface area contributed by atoms with Crippen molar-refractivity contribution in [2.24, 2.45) is 0 Å². The first-order valence-electron chi connectivity index (χ1n) is 5.26.